The van der Waals surface area contributed by atoms with Gasteiger partial charge in [0.25, 0.3) is 0 Å². The van der Waals surface area contributed by atoms with E-state index in [0.717, 1.165) is 24.2 Å². The van der Waals surface area contributed by atoms with Crippen molar-refractivity contribution in [2.45, 2.75) is 38.3 Å². The van der Waals surface area contributed by atoms with Gasteiger partial charge in [-0.1, -0.05) is 0 Å². The fourth-order valence-corrected chi connectivity index (χ4v) is 1.53. The largest absolute Gasteiger partial charge is 0.490 e. The summed E-state index contributed by atoms with van der Waals surface area (Å²) in [7, 11) is 0. The Kier molecular flexibility index (Phi) is 2.91. The molecule has 0 spiro atoms. The van der Waals surface area contributed by atoms with Crippen molar-refractivity contribution in [2.24, 2.45) is 5.73 Å². The monoisotopic (exact) mass is 209 g/mol. The van der Waals surface area contributed by atoms with Crippen molar-refractivity contribution in [3.8, 4) is 5.75 Å². The van der Waals surface area contributed by atoms with Crippen LogP contribution in [0.5, 0.6) is 5.75 Å². The summed E-state index contributed by atoms with van der Waals surface area (Å²) in [6, 6.07) is 4.67. The Bertz CT molecular complexity index is 347. The van der Waals surface area contributed by atoms with E-state index in [4.69, 9.17) is 10.5 Å². The van der Waals surface area contributed by atoms with Crippen LogP contribution in [-0.2, 0) is 6.42 Å². The molecule has 1 saturated carbocycles. The normalized spacial score (nSPS) is 17.5. The molecule has 1 fully saturated rings. The van der Waals surface area contributed by atoms with Gasteiger partial charge in [0, 0.05) is 6.04 Å². The lowest BCUT2D eigenvalue weighted by Crippen LogP contribution is -2.18. The van der Waals surface area contributed by atoms with E-state index in [-0.39, 0.29) is 11.9 Å². The molecule has 15 heavy (non-hydrogen) atoms. The van der Waals surface area contributed by atoms with Crippen molar-refractivity contribution in [2.75, 3.05) is 0 Å². The highest BCUT2D eigenvalue weighted by atomic mass is 19.1. The SMILES string of the molecule is CC(N)Cc1cc(F)ccc1OC1CC1. The number of hydrogen-bond donors (Lipinski definition) is 1. The summed E-state index contributed by atoms with van der Waals surface area (Å²) in [5, 5.41) is 0. The van der Waals surface area contributed by atoms with Crippen LogP contribution in [0.4, 0.5) is 4.39 Å². The molecule has 0 heterocycles. The zero-order valence-electron chi connectivity index (χ0n) is 8.87. The molecule has 1 atom stereocenters. The van der Waals surface area contributed by atoms with Crippen molar-refractivity contribution in [3.63, 3.8) is 0 Å². The predicted octanol–water partition coefficient (Wildman–Crippen LogP) is 2.26. The zero-order valence-corrected chi connectivity index (χ0v) is 8.87. The summed E-state index contributed by atoms with van der Waals surface area (Å²) >= 11 is 0. The smallest absolute Gasteiger partial charge is 0.123 e. The molecule has 2 nitrogen and oxygen atoms in total. The lowest BCUT2D eigenvalue weighted by atomic mass is 10.1. The van der Waals surface area contributed by atoms with E-state index < -0.39 is 0 Å². The highest BCUT2D eigenvalue weighted by Gasteiger charge is 2.24. The molecular formula is C12H16FNO. The maximum atomic E-state index is 13.1. The molecule has 3 heteroatoms. The summed E-state index contributed by atoms with van der Waals surface area (Å²) in [5.41, 5.74) is 6.58. The topological polar surface area (TPSA) is 35.2 Å². The van der Waals surface area contributed by atoms with E-state index >= 15 is 0 Å². The standard InChI is InChI=1S/C12H16FNO/c1-8(14)6-9-7-10(13)2-5-12(9)15-11-3-4-11/h2,5,7-8,11H,3-4,6,14H2,1H3. The Morgan fingerprint density at radius 3 is 2.87 bits per heavy atom. The van der Waals surface area contributed by atoms with Crippen molar-refractivity contribution < 1.29 is 9.13 Å². The highest BCUT2D eigenvalue weighted by Crippen LogP contribution is 2.30. The Hall–Kier alpha value is -1.09. The average Bonchev–Trinajstić information content (AvgIpc) is 2.92. The fourth-order valence-electron chi connectivity index (χ4n) is 1.53. The van der Waals surface area contributed by atoms with Gasteiger partial charge in [0.05, 0.1) is 6.10 Å². The summed E-state index contributed by atoms with van der Waals surface area (Å²) in [6.45, 7) is 1.91. The van der Waals surface area contributed by atoms with Gasteiger partial charge in [0.2, 0.25) is 0 Å². The molecule has 0 bridgehead atoms. The van der Waals surface area contributed by atoms with Crippen molar-refractivity contribution >= 4 is 0 Å². The molecule has 1 aromatic rings. The van der Waals surface area contributed by atoms with E-state index in [9.17, 15) is 4.39 Å². The average molecular weight is 209 g/mol. The van der Waals surface area contributed by atoms with E-state index in [0.29, 0.717) is 12.5 Å². The first-order chi connectivity index (χ1) is 7.15. The minimum atomic E-state index is -0.228. The first-order valence-electron chi connectivity index (χ1n) is 5.36. The Morgan fingerprint density at radius 1 is 1.53 bits per heavy atom. The summed E-state index contributed by atoms with van der Waals surface area (Å²) in [4.78, 5) is 0. The molecule has 1 aromatic carbocycles. The molecule has 1 aliphatic carbocycles. The molecule has 0 radical (unpaired) electrons. The Labute approximate surface area is 89.2 Å². The van der Waals surface area contributed by atoms with Crippen molar-refractivity contribution in [1.82, 2.24) is 0 Å². The molecule has 82 valence electrons. The molecule has 1 unspecified atom stereocenters. The second-order valence-electron chi connectivity index (χ2n) is 4.25. The van der Waals surface area contributed by atoms with Crippen LogP contribution in [0.25, 0.3) is 0 Å². The van der Waals surface area contributed by atoms with Crippen LogP contribution < -0.4 is 10.5 Å². The quantitative estimate of drug-likeness (QED) is 0.825. The number of benzene rings is 1. The van der Waals surface area contributed by atoms with E-state index in [2.05, 4.69) is 0 Å². The van der Waals surface area contributed by atoms with Crippen LogP contribution in [0, 0.1) is 5.82 Å². The zero-order chi connectivity index (χ0) is 10.8. The van der Waals surface area contributed by atoms with Gasteiger partial charge in [0.15, 0.2) is 0 Å². The van der Waals surface area contributed by atoms with E-state index in [1.807, 2.05) is 6.92 Å². The van der Waals surface area contributed by atoms with Crippen LogP contribution in [0.1, 0.15) is 25.3 Å². The first kappa shape index (κ1) is 10.4. The van der Waals surface area contributed by atoms with Gasteiger partial charge < -0.3 is 10.5 Å². The lowest BCUT2D eigenvalue weighted by molar-refractivity contribution is 0.299. The maximum Gasteiger partial charge on any atom is 0.123 e. The molecule has 1 aliphatic rings. The van der Waals surface area contributed by atoms with Crippen molar-refractivity contribution in [3.05, 3.63) is 29.6 Å². The van der Waals surface area contributed by atoms with E-state index in [1.165, 1.54) is 12.1 Å². The maximum absolute atomic E-state index is 13.1. The molecule has 2 N–H and O–H groups in total. The van der Waals surface area contributed by atoms with Gasteiger partial charge >= 0.3 is 0 Å². The minimum Gasteiger partial charge on any atom is -0.490 e. The van der Waals surface area contributed by atoms with Crippen LogP contribution in [0.2, 0.25) is 0 Å². The van der Waals surface area contributed by atoms with Crippen LogP contribution in [-0.4, -0.2) is 12.1 Å². The van der Waals surface area contributed by atoms with Gasteiger partial charge in [-0.05, 0) is 49.9 Å². The van der Waals surface area contributed by atoms with Gasteiger partial charge in [0.1, 0.15) is 11.6 Å². The summed E-state index contributed by atoms with van der Waals surface area (Å²) in [5.74, 6) is 0.560. The Morgan fingerprint density at radius 2 is 2.27 bits per heavy atom. The van der Waals surface area contributed by atoms with Gasteiger partial charge in [-0.2, -0.15) is 0 Å². The number of rotatable bonds is 4. The molecule has 0 saturated heterocycles. The summed E-state index contributed by atoms with van der Waals surface area (Å²) in [6.07, 6.45) is 3.20. The van der Waals surface area contributed by atoms with Crippen LogP contribution in [0.15, 0.2) is 18.2 Å². The minimum absolute atomic E-state index is 0.0216. The summed E-state index contributed by atoms with van der Waals surface area (Å²) < 4.78 is 18.7. The highest BCUT2D eigenvalue weighted by molar-refractivity contribution is 5.35. The van der Waals surface area contributed by atoms with Gasteiger partial charge in [-0.25, -0.2) is 4.39 Å². The van der Waals surface area contributed by atoms with Gasteiger partial charge in [-0.3, -0.25) is 0 Å². The predicted molar refractivity (Wildman–Crippen MR) is 57.4 cm³/mol. The molecule has 0 aromatic heterocycles. The number of nitrogens with two attached hydrogens (primary N) is 1. The lowest BCUT2D eigenvalue weighted by Gasteiger charge is -2.12. The second kappa shape index (κ2) is 4.19. The van der Waals surface area contributed by atoms with Crippen molar-refractivity contribution in [1.29, 1.82) is 0 Å². The van der Waals surface area contributed by atoms with E-state index in [1.54, 1.807) is 6.07 Å². The third-order valence-corrected chi connectivity index (χ3v) is 2.38. The fraction of sp³-hybridized carbons (Fsp3) is 0.500. The number of ether oxygens (including phenoxy) is 1. The first-order valence-corrected chi connectivity index (χ1v) is 5.36. The third-order valence-electron chi connectivity index (χ3n) is 2.38. The Balaban J connectivity index is 2.17. The molecular weight excluding hydrogens is 193 g/mol. The molecule has 0 aliphatic heterocycles. The van der Waals surface area contributed by atoms with Crippen LogP contribution >= 0.6 is 0 Å². The molecule has 2 rings (SSSR count). The number of halogens is 1. The molecule has 0 amide bonds. The second-order valence-corrected chi connectivity index (χ2v) is 4.25. The van der Waals surface area contributed by atoms with Crippen LogP contribution in [0.3, 0.4) is 0 Å². The van der Waals surface area contributed by atoms with Gasteiger partial charge in [-0.15, -0.1) is 0 Å². The number of hydrogen-bond acceptors (Lipinski definition) is 2. The third kappa shape index (κ3) is 2.93.